The number of methoxy groups -OCH3 is 1. The van der Waals surface area contributed by atoms with Gasteiger partial charge in [0.1, 0.15) is 10.4 Å². The molecule has 0 aromatic carbocycles. The molecule has 1 aromatic rings. The van der Waals surface area contributed by atoms with Crippen molar-refractivity contribution in [3.8, 4) is 0 Å². The quantitative estimate of drug-likeness (QED) is 0.843. The van der Waals surface area contributed by atoms with E-state index in [-0.39, 0.29) is 18.5 Å². The van der Waals surface area contributed by atoms with E-state index in [4.69, 9.17) is 9.84 Å². The van der Waals surface area contributed by atoms with Crippen molar-refractivity contribution in [1.82, 2.24) is 9.55 Å². The summed E-state index contributed by atoms with van der Waals surface area (Å²) in [7, 11) is 1.42. The van der Waals surface area contributed by atoms with Gasteiger partial charge in [-0.25, -0.2) is 4.98 Å². The van der Waals surface area contributed by atoms with Crippen molar-refractivity contribution in [3.63, 3.8) is 0 Å². The van der Waals surface area contributed by atoms with Crippen LogP contribution in [-0.2, 0) is 28.9 Å². The molecule has 17 heavy (non-hydrogen) atoms. The minimum Gasteiger partial charge on any atom is -0.469 e. The van der Waals surface area contributed by atoms with Crippen molar-refractivity contribution in [2.24, 2.45) is 5.92 Å². The predicted molar refractivity (Wildman–Crippen MR) is 64.5 cm³/mol. The number of carbonyl (C=O) groups is 1. The van der Waals surface area contributed by atoms with E-state index in [0.717, 1.165) is 29.1 Å². The lowest BCUT2D eigenvalue weighted by molar-refractivity contribution is -0.146. The molecule has 0 bridgehead atoms. The SMILES string of the molecule is COC(=O)C1CCn2c(CCO)nc(Br)c2C1. The summed E-state index contributed by atoms with van der Waals surface area (Å²) >= 11 is 3.41. The normalized spacial score (nSPS) is 18.9. The minimum absolute atomic E-state index is 0.0810. The average molecular weight is 303 g/mol. The Morgan fingerprint density at radius 1 is 1.71 bits per heavy atom. The molecule has 1 aromatic heterocycles. The molecule has 0 fully saturated rings. The van der Waals surface area contributed by atoms with E-state index in [1.54, 1.807) is 0 Å². The van der Waals surface area contributed by atoms with Crippen molar-refractivity contribution in [1.29, 1.82) is 0 Å². The first-order valence-corrected chi connectivity index (χ1v) is 6.39. The fraction of sp³-hybridized carbons (Fsp3) is 0.636. The van der Waals surface area contributed by atoms with E-state index in [2.05, 4.69) is 25.5 Å². The first kappa shape index (κ1) is 12.6. The van der Waals surface area contributed by atoms with Gasteiger partial charge in [0.2, 0.25) is 0 Å². The number of rotatable bonds is 3. The second-order valence-electron chi connectivity index (χ2n) is 4.10. The third kappa shape index (κ3) is 2.37. The number of nitrogens with zero attached hydrogens (tertiary/aromatic N) is 2. The fourth-order valence-corrected chi connectivity index (χ4v) is 2.82. The third-order valence-electron chi connectivity index (χ3n) is 3.11. The molecule has 2 heterocycles. The number of ether oxygens (including phenoxy) is 1. The molecular formula is C11H15BrN2O3. The van der Waals surface area contributed by atoms with Gasteiger partial charge in [-0.05, 0) is 22.4 Å². The molecule has 0 spiro atoms. The van der Waals surface area contributed by atoms with Crippen molar-refractivity contribution < 1.29 is 14.6 Å². The van der Waals surface area contributed by atoms with Crippen LogP contribution in [0, 0.1) is 5.92 Å². The Bertz CT molecular complexity index is 431. The maximum absolute atomic E-state index is 11.5. The van der Waals surface area contributed by atoms with E-state index in [0.29, 0.717) is 12.8 Å². The summed E-state index contributed by atoms with van der Waals surface area (Å²) in [6.45, 7) is 0.840. The van der Waals surface area contributed by atoms with Crippen LogP contribution in [-0.4, -0.2) is 34.3 Å². The van der Waals surface area contributed by atoms with Crippen molar-refractivity contribution in [2.45, 2.75) is 25.8 Å². The van der Waals surface area contributed by atoms with Crippen LogP contribution >= 0.6 is 15.9 Å². The molecule has 0 saturated carbocycles. The van der Waals surface area contributed by atoms with Crippen molar-refractivity contribution >= 4 is 21.9 Å². The molecule has 5 nitrogen and oxygen atoms in total. The van der Waals surface area contributed by atoms with Gasteiger partial charge in [-0.2, -0.15) is 0 Å². The van der Waals surface area contributed by atoms with E-state index in [9.17, 15) is 4.79 Å². The van der Waals surface area contributed by atoms with Gasteiger partial charge in [-0.3, -0.25) is 4.79 Å². The highest BCUT2D eigenvalue weighted by Crippen LogP contribution is 2.28. The Kier molecular flexibility index (Phi) is 3.83. The fourth-order valence-electron chi connectivity index (χ4n) is 2.24. The highest BCUT2D eigenvalue weighted by molar-refractivity contribution is 9.10. The van der Waals surface area contributed by atoms with Crippen LogP contribution in [0.4, 0.5) is 0 Å². The van der Waals surface area contributed by atoms with E-state index >= 15 is 0 Å². The van der Waals surface area contributed by atoms with Gasteiger partial charge >= 0.3 is 5.97 Å². The molecule has 1 N–H and O–H groups in total. The monoisotopic (exact) mass is 302 g/mol. The van der Waals surface area contributed by atoms with Crippen molar-refractivity contribution in [2.75, 3.05) is 13.7 Å². The lowest BCUT2D eigenvalue weighted by atomic mass is 9.96. The predicted octanol–water partition coefficient (Wildman–Crippen LogP) is 0.916. The van der Waals surface area contributed by atoms with Crippen LogP contribution in [0.5, 0.6) is 0 Å². The van der Waals surface area contributed by atoms with Gasteiger partial charge in [-0.15, -0.1) is 0 Å². The minimum atomic E-state index is -0.159. The number of aromatic nitrogens is 2. The zero-order valence-corrected chi connectivity index (χ0v) is 11.2. The Morgan fingerprint density at radius 2 is 2.47 bits per heavy atom. The van der Waals surface area contributed by atoms with Crippen LogP contribution in [0.15, 0.2) is 4.60 Å². The van der Waals surface area contributed by atoms with Crippen LogP contribution in [0.3, 0.4) is 0 Å². The number of imidazole rings is 1. The van der Waals surface area contributed by atoms with Crippen molar-refractivity contribution in [3.05, 3.63) is 16.1 Å². The van der Waals surface area contributed by atoms with E-state index in [1.165, 1.54) is 7.11 Å². The first-order valence-electron chi connectivity index (χ1n) is 5.59. The molecule has 0 amide bonds. The van der Waals surface area contributed by atoms with Crippen LogP contribution in [0.2, 0.25) is 0 Å². The molecule has 1 unspecified atom stereocenters. The standard InChI is InChI=1S/C11H15BrN2O3/c1-17-11(16)7-2-4-14-8(6-7)10(12)13-9(14)3-5-15/h7,15H,2-6H2,1H3. The third-order valence-corrected chi connectivity index (χ3v) is 3.75. The van der Waals surface area contributed by atoms with Crippen LogP contribution in [0.25, 0.3) is 0 Å². The summed E-state index contributed by atoms with van der Waals surface area (Å²) in [5.74, 6) is 0.633. The number of carbonyl (C=O) groups excluding carboxylic acids is 1. The molecule has 1 atom stereocenters. The molecule has 1 aliphatic heterocycles. The van der Waals surface area contributed by atoms with Crippen LogP contribution < -0.4 is 0 Å². The first-order chi connectivity index (χ1) is 8.17. The Hall–Kier alpha value is -0.880. The lowest BCUT2D eigenvalue weighted by Crippen LogP contribution is -2.27. The van der Waals surface area contributed by atoms with Gasteiger partial charge < -0.3 is 14.4 Å². The summed E-state index contributed by atoms with van der Waals surface area (Å²) in [6.07, 6.45) is 1.95. The molecule has 94 valence electrons. The van der Waals surface area contributed by atoms with E-state index in [1.807, 2.05) is 0 Å². The molecule has 0 saturated heterocycles. The topological polar surface area (TPSA) is 64.3 Å². The number of esters is 1. The molecule has 1 aliphatic rings. The number of hydrogen-bond donors (Lipinski definition) is 1. The smallest absolute Gasteiger partial charge is 0.309 e. The lowest BCUT2D eigenvalue weighted by Gasteiger charge is -2.23. The number of halogens is 1. The second kappa shape index (κ2) is 5.18. The summed E-state index contributed by atoms with van der Waals surface area (Å²) < 4.78 is 7.63. The maximum atomic E-state index is 11.5. The Balaban J connectivity index is 2.23. The summed E-state index contributed by atoms with van der Waals surface area (Å²) in [5.41, 5.74) is 1.02. The second-order valence-corrected chi connectivity index (χ2v) is 4.85. The summed E-state index contributed by atoms with van der Waals surface area (Å²) in [6, 6.07) is 0. The van der Waals surface area contributed by atoms with Crippen LogP contribution in [0.1, 0.15) is 17.9 Å². The number of aliphatic hydroxyl groups excluding tert-OH is 1. The number of fused-ring (bicyclic) bond motifs is 1. The number of aliphatic hydroxyl groups is 1. The molecule has 6 heteroatoms. The highest BCUT2D eigenvalue weighted by atomic mass is 79.9. The maximum Gasteiger partial charge on any atom is 0.309 e. The average Bonchev–Trinajstić information content (AvgIpc) is 2.65. The Morgan fingerprint density at radius 3 is 3.12 bits per heavy atom. The van der Waals surface area contributed by atoms with Gasteiger partial charge in [0.05, 0.1) is 25.3 Å². The molecule has 0 radical (unpaired) electrons. The highest BCUT2D eigenvalue weighted by Gasteiger charge is 2.29. The molecule has 2 rings (SSSR count). The summed E-state index contributed by atoms with van der Waals surface area (Å²) in [4.78, 5) is 15.9. The zero-order chi connectivity index (χ0) is 12.4. The van der Waals surface area contributed by atoms with Gasteiger partial charge in [-0.1, -0.05) is 0 Å². The zero-order valence-electron chi connectivity index (χ0n) is 9.65. The largest absolute Gasteiger partial charge is 0.469 e. The van der Waals surface area contributed by atoms with Gasteiger partial charge in [0, 0.05) is 19.4 Å². The molecular weight excluding hydrogens is 288 g/mol. The number of hydrogen-bond acceptors (Lipinski definition) is 4. The van der Waals surface area contributed by atoms with Gasteiger partial charge in [0.25, 0.3) is 0 Å². The van der Waals surface area contributed by atoms with Gasteiger partial charge in [0.15, 0.2) is 0 Å². The Labute approximate surface area is 108 Å². The van der Waals surface area contributed by atoms with E-state index < -0.39 is 0 Å². The summed E-state index contributed by atoms with van der Waals surface area (Å²) in [5, 5.41) is 8.97. The molecule has 0 aliphatic carbocycles.